The lowest BCUT2D eigenvalue weighted by molar-refractivity contribution is 0.199. The third-order valence-corrected chi connectivity index (χ3v) is 3.83. The Bertz CT molecular complexity index is 756. The Hall–Kier alpha value is -1.97. The van der Waals surface area contributed by atoms with Crippen LogP contribution in [0.15, 0.2) is 42.5 Å². The van der Waals surface area contributed by atoms with Crippen molar-refractivity contribution in [2.45, 2.75) is 0 Å². The smallest absolute Gasteiger partial charge is 0.409 e. The third kappa shape index (κ3) is 2.62. The standard InChI is InChI=1S/C16H11Cl2NO2/c1-19-14-5-3-2-4-12(14)15(21-16(19)20)9-10-8-11(17)6-7-13(10)18/h2-9H,1H3/b15-9-. The molecule has 0 atom stereocenters. The Labute approximate surface area is 132 Å². The molecular weight excluding hydrogens is 309 g/mol. The van der Waals surface area contributed by atoms with E-state index in [-0.39, 0.29) is 0 Å². The minimum absolute atomic E-state index is 0.432. The summed E-state index contributed by atoms with van der Waals surface area (Å²) in [5.74, 6) is 0.456. The van der Waals surface area contributed by atoms with Crippen LogP contribution < -0.4 is 4.90 Å². The van der Waals surface area contributed by atoms with Gasteiger partial charge < -0.3 is 4.74 Å². The second-order valence-corrected chi connectivity index (χ2v) is 5.46. The summed E-state index contributed by atoms with van der Waals surface area (Å²) in [4.78, 5) is 13.4. The molecule has 0 aliphatic carbocycles. The molecule has 106 valence electrons. The van der Waals surface area contributed by atoms with Gasteiger partial charge in [0, 0.05) is 22.7 Å². The molecule has 0 spiro atoms. The van der Waals surface area contributed by atoms with Gasteiger partial charge in [-0.25, -0.2) is 4.79 Å². The second-order valence-electron chi connectivity index (χ2n) is 4.62. The van der Waals surface area contributed by atoms with E-state index in [2.05, 4.69) is 0 Å². The highest BCUT2D eigenvalue weighted by Crippen LogP contribution is 2.35. The normalized spacial score (nSPS) is 15.9. The molecule has 3 rings (SSSR count). The van der Waals surface area contributed by atoms with Crippen molar-refractivity contribution in [2.75, 3.05) is 11.9 Å². The van der Waals surface area contributed by atoms with Gasteiger partial charge in [-0.05, 0) is 42.0 Å². The van der Waals surface area contributed by atoms with Crippen LogP contribution in [0.2, 0.25) is 10.0 Å². The van der Waals surface area contributed by atoms with Gasteiger partial charge in [-0.3, -0.25) is 4.90 Å². The van der Waals surface area contributed by atoms with Crippen LogP contribution in [-0.4, -0.2) is 13.1 Å². The molecule has 0 aromatic heterocycles. The topological polar surface area (TPSA) is 29.5 Å². The van der Waals surface area contributed by atoms with Crippen molar-refractivity contribution in [1.29, 1.82) is 0 Å². The molecule has 1 aliphatic heterocycles. The highest BCUT2D eigenvalue weighted by molar-refractivity contribution is 6.34. The van der Waals surface area contributed by atoms with Gasteiger partial charge >= 0.3 is 6.09 Å². The maximum atomic E-state index is 11.9. The number of cyclic esters (lactones) is 1. The van der Waals surface area contributed by atoms with Crippen LogP contribution in [0.25, 0.3) is 11.8 Å². The molecule has 2 aromatic carbocycles. The number of hydrogen-bond donors (Lipinski definition) is 0. The van der Waals surface area contributed by atoms with E-state index in [1.807, 2.05) is 24.3 Å². The largest absolute Gasteiger partial charge is 0.419 e. The number of carbonyl (C=O) groups excluding carboxylic acids is 1. The zero-order valence-electron chi connectivity index (χ0n) is 11.1. The number of hydrogen-bond acceptors (Lipinski definition) is 2. The van der Waals surface area contributed by atoms with Crippen LogP contribution >= 0.6 is 23.2 Å². The van der Waals surface area contributed by atoms with Gasteiger partial charge in [0.2, 0.25) is 0 Å². The molecule has 1 amide bonds. The number of fused-ring (bicyclic) bond motifs is 1. The molecule has 0 saturated heterocycles. The molecule has 5 heteroatoms. The predicted octanol–water partition coefficient (Wildman–Crippen LogP) is 5.08. The Morgan fingerprint density at radius 3 is 2.71 bits per heavy atom. The minimum atomic E-state index is -0.432. The van der Waals surface area contributed by atoms with Crippen LogP contribution in [0, 0.1) is 0 Å². The average molecular weight is 320 g/mol. The summed E-state index contributed by atoms with van der Waals surface area (Å²) in [6.07, 6.45) is 1.29. The summed E-state index contributed by atoms with van der Waals surface area (Å²) in [5, 5.41) is 1.11. The van der Waals surface area contributed by atoms with Crippen LogP contribution in [0.4, 0.5) is 10.5 Å². The number of rotatable bonds is 1. The number of carbonyl (C=O) groups is 1. The summed E-state index contributed by atoms with van der Waals surface area (Å²) in [6.45, 7) is 0. The van der Waals surface area contributed by atoms with E-state index in [1.165, 1.54) is 4.90 Å². The van der Waals surface area contributed by atoms with Crippen molar-refractivity contribution in [3.05, 3.63) is 63.6 Å². The number of nitrogens with zero attached hydrogens (tertiary/aromatic N) is 1. The van der Waals surface area contributed by atoms with Crippen molar-refractivity contribution >= 4 is 46.8 Å². The summed E-state index contributed by atoms with van der Waals surface area (Å²) in [5.41, 5.74) is 2.32. The van der Waals surface area contributed by atoms with Crippen LogP contribution in [0.5, 0.6) is 0 Å². The highest BCUT2D eigenvalue weighted by Gasteiger charge is 2.26. The van der Waals surface area contributed by atoms with Gasteiger partial charge in [0.15, 0.2) is 0 Å². The minimum Gasteiger partial charge on any atom is -0.409 e. The molecular formula is C16H11Cl2NO2. The second kappa shape index (κ2) is 5.43. The van der Waals surface area contributed by atoms with Gasteiger partial charge in [0.05, 0.1) is 5.69 Å². The van der Waals surface area contributed by atoms with Crippen molar-refractivity contribution in [3.8, 4) is 0 Å². The number of amides is 1. The lowest BCUT2D eigenvalue weighted by Gasteiger charge is -2.26. The highest BCUT2D eigenvalue weighted by atomic mass is 35.5. The van der Waals surface area contributed by atoms with Crippen molar-refractivity contribution < 1.29 is 9.53 Å². The fraction of sp³-hybridized carbons (Fsp3) is 0.0625. The van der Waals surface area contributed by atoms with Crippen molar-refractivity contribution in [3.63, 3.8) is 0 Å². The summed E-state index contributed by atoms with van der Waals surface area (Å²) < 4.78 is 5.37. The molecule has 1 heterocycles. The molecule has 0 saturated carbocycles. The van der Waals surface area contributed by atoms with E-state index >= 15 is 0 Å². The van der Waals surface area contributed by atoms with Gasteiger partial charge in [-0.15, -0.1) is 0 Å². The number of halogens is 2. The molecule has 0 bridgehead atoms. The quantitative estimate of drug-likeness (QED) is 0.733. The van der Waals surface area contributed by atoms with E-state index in [4.69, 9.17) is 27.9 Å². The molecule has 1 aliphatic rings. The van der Waals surface area contributed by atoms with E-state index in [0.29, 0.717) is 21.4 Å². The monoisotopic (exact) mass is 319 g/mol. The number of para-hydroxylation sites is 1. The number of benzene rings is 2. The Kier molecular flexibility index (Phi) is 3.62. The average Bonchev–Trinajstić information content (AvgIpc) is 2.48. The van der Waals surface area contributed by atoms with Gasteiger partial charge in [0.25, 0.3) is 0 Å². The summed E-state index contributed by atoms with van der Waals surface area (Å²) in [6, 6.07) is 12.7. The van der Waals surface area contributed by atoms with Crippen molar-refractivity contribution in [1.82, 2.24) is 0 Å². The molecule has 0 fully saturated rings. The van der Waals surface area contributed by atoms with E-state index in [0.717, 1.165) is 11.3 Å². The van der Waals surface area contributed by atoms with Gasteiger partial charge in [-0.1, -0.05) is 35.3 Å². The summed E-state index contributed by atoms with van der Waals surface area (Å²) in [7, 11) is 1.67. The first-order valence-corrected chi connectivity index (χ1v) is 7.03. The number of ether oxygens (including phenoxy) is 1. The lowest BCUT2D eigenvalue weighted by atomic mass is 10.1. The SMILES string of the molecule is CN1C(=O)O/C(=C\c2cc(Cl)ccc2Cl)c2ccccc21. The Morgan fingerprint density at radius 1 is 1.14 bits per heavy atom. The first-order chi connectivity index (χ1) is 10.1. The Balaban J connectivity index is 2.14. The fourth-order valence-electron chi connectivity index (χ4n) is 2.16. The maximum Gasteiger partial charge on any atom is 0.419 e. The van der Waals surface area contributed by atoms with E-state index in [1.54, 1.807) is 31.3 Å². The molecule has 3 nitrogen and oxygen atoms in total. The van der Waals surface area contributed by atoms with Crippen LogP contribution in [0.3, 0.4) is 0 Å². The zero-order valence-corrected chi connectivity index (χ0v) is 12.7. The predicted molar refractivity (Wildman–Crippen MR) is 85.7 cm³/mol. The molecule has 0 unspecified atom stereocenters. The zero-order chi connectivity index (χ0) is 15.0. The van der Waals surface area contributed by atoms with Gasteiger partial charge in [-0.2, -0.15) is 0 Å². The Morgan fingerprint density at radius 2 is 1.90 bits per heavy atom. The van der Waals surface area contributed by atoms with E-state index < -0.39 is 6.09 Å². The van der Waals surface area contributed by atoms with Crippen LogP contribution in [-0.2, 0) is 4.74 Å². The van der Waals surface area contributed by atoms with Crippen molar-refractivity contribution in [2.24, 2.45) is 0 Å². The molecule has 0 radical (unpaired) electrons. The molecule has 21 heavy (non-hydrogen) atoms. The molecule has 0 N–H and O–H groups in total. The lowest BCUT2D eigenvalue weighted by Crippen LogP contribution is -2.31. The summed E-state index contributed by atoms with van der Waals surface area (Å²) >= 11 is 12.1. The first kappa shape index (κ1) is 14.0. The number of anilines is 1. The fourth-order valence-corrected chi connectivity index (χ4v) is 2.52. The third-order valence-electron chi connectivity index (χ3n) is 3.25. The molecule has 2 aromatic rings. The first-order valence-electron chi connectivity index (χ1n) is 6.28. The maximum absolute atomic E-state index is 11.9. The van der Waals surface area contributed by atoms with Gasteiger partial charge in [0.1, 0.15) is 5.76 Å². The van der Waals surface area contributed by atoms with E-state index in [9.17, 15) is 4.79 Å². The van der Waals surface area contributed by atoms with Crippen LogP contribution in [0.1, 0.15) is 11.1 Å².